The van der Waals surface area contributed by atoms with Gasteiger partial charge in [0.15, 0.2) is 5.17 Å². The van der Waals surface area contributed by atoms with E-state index in [2.05, 4.69) is 10.2 Å². The number of non-ortho nitro benzene ring substituents is 1. The molecule has 0 saturated carbocycles. The number of carbonyl (C=O) groups is 1. The van der Waals surface area contributed by atoms with Gasteiger partial charge in [0.05, 0.1) is 28.9 Å². The van der Waals surface area contributed by atoms with Crippen LogP contribution in [0.4, 0.5) is 5.69 Å². The number of nitro groups is 1. The first-order valence-corrected chi connectivity index (χ1v) is 11.1. The van der Waals surface area contributed by atoms with Gasteiger partial charge in [0.2, 0.25) is 0 Å². The standard InChI is InChI=1S/C25H20N4O4S/c1-18(13-19-7-3-2-4-8-19)14-23-24(30)28(17-22-11-6-12-33-22)25(34-23)27-26-16-20-9-5-10-21(15-20)29(31)32/h2-16H,17H2,1H3/b18-13+,23-14-,26-16+,27-25-. The molecule has 1 aliphatic rings. The number of allylic oxidation sites excluding steroid dienone is 2. The Kier molecular flexibility index (Phi) is 7.14. The van der Waals surface area contributed by atoms with Gasteiger partial charge in [-0.3, -0.25) is 19.8 Å². The number of nitro benzene ring substituents is 1. The highest BCUT2D eigenvalue weighted by molar-refractivity contribution is 8.18. The summed E-state index contributed by atoms with van der Waals surface area (Å²) in [5.41, 5.74) is 2.45. The van der Waals surface area contributed by atoms with Crippen LogP contribution in [0.1, 0.15) is 23.8 Å². The van der Waals surface area contributed by atoms with E-state index >= 15 is 0 Å². The van der Waals surface area contributed by atoms with Gasteiger partial charge in [0.25, 0.3) is 11.6 Å². The molecule has 8 nitrogen and oxygen atoms in total. The lowest BCUT2D eigenvalue weighted by molar-refractivity contribution is -0.384. The fourth-order valence-corrected chi connectivity index (χ4v) is 4.19. The van der Waals surface area contributed by atoms with Gasteiger partial charge in [-0.2, -0.15) is 5.10 Å². The number of carbonyl (C=O) groups excluding carboxylic acids is 1. The van der Waals surface area contributed by atoms with Crippen LogP contribution in [0.3, 0.4) is 0 Å². The summed E-state index contributed by atoms with van der Waals surface area (Å²) in [6.45, 7) is 2.14. The topological polar surface area (TPSA) is 101 Å². The SMILES string of the molecule is CC(/C=C1\S/C(=N\N=C\c2cccc([N+](=O)[O-])c2)N(Cc2ccco2)C1=O)=C\c1ccccc1. The summed E-state index contributed by atoms with van der Waals surface area (Å²) in [4.78, 5) is 25.7. The lowest BCUT2D eigenvalue weighted by Gasteiger charge is -2.12. The molecule has 0 unspecified atom stereocenters. The van der Waals surface area contributed by atoms with Crippen molar-refractivity contribution in [3.8, 4) is 0 Å². The molecule has 0 atom stereocenters. The number of amides is 1. The zero-order valence-corrected chi connectivity index (χ0v) is 19.0. The lowest BCUT2D eigenvalue weighted by atomic mass is 10.1. The zero-order chi connectivity index (χ0) is 23.9. The molecular weight excluding hydrogens is 452 g/mol. The Morgan fingerprint density at radius 1 is 1.12 bits per heavy atom. The number of nitrogens with zero attached hydrogens (tertiary/aromatic N) is 4. The lowest BCUT2D eigenvalue weighted by Crippen LogP contribution is -2.28. The van der Waals surface area contributed by atoms with Crippen LogP contribution >= 0.6 is 11.8 Å². The first kappa shape index (κ1) is 22.9. The molecule has 1 fully saturated rings. The first-order chi connectivity index (χ1) is 16.5. The quantitative estimate of drug-likeness (QED) is 0.192. The second kappa shape index (κ2) is 10.6. The second-order valence-corrected chi connectivity index (χ2v) is 8.37. The molecule has 0 spiro atoms. The Morgan fingerprint density at radius 3 is 2.65 bits per heavy atom. The number of hydrogen-bond acceptors (Lipinski definition) is 7. The van der Waals surface area contributed by atoms with Gasteiger partial charge >= 0.3 is 0 Å². The van der Waals surface area contributed by atoms with E-state index in [9.17, 15) is 14.9 Å². The minimum absolute atomic E-state index is 0.0348. The number of amidine groups is 1. The highest BCUT2D eigenvalue weighted by Crippen LogP contribution is 2.33. The number of thioether (sulfide) groups is 1. The fraction of sp³-hybridized carbons (Fsp3) is 0.0800. The molecule has 1 aromatic heterocycles. The van der Waals surface area contributed by atoms with Gasteiger partial charge < -0.3 is 4.42 Å². The number of hydrogen-bond donors (Lipinski definition) is 0. The normalized spacial score (nSPS) is 16.8. The highest BCUT2D eigenvalue weighted by atomic mass is 32.2. The average Bonchev–Trinajstić information content (AvgIpc) is 3.44. The molecule has 0 N–H and O–H groups in total. The summed E-state index contributed by atoms with van der Waals surface area (Å²) in [5.74, 6) is 0.411. The number of rotatable bonds is 7. The van der Waals surface area contributed by atoms with Gasteiger partial charge in [-0.1, -0.05) is 48.5 Å². The predicted octanol–water partition coefficient (Wildman–Crippen LogP) is 5.64. The molecule has 1 saturated heterocycles. The summed E-state index contributed by atoms with van der Waals surface area (Å²) in [6.07, 6.45) is 6.78. The maximum absolute atomic E-state index is 13.1. The summed E-state index contributed by atoms with van der Waals surface area (Å²) >= 11 is 1.21. The van der Waals surface area contributed by atoms with Crippen LogP contribution in [-0.2, 0) is 11.3 Å². The molecule has 0 radical (unpaired) electrons. The Balaban J connectivity index is 1.60. The summed E-state index contributed by atoms with van der Waals surface area (Å²) < 4.78 is 5.41. The Hall–Kier alpha value is -4.24. The number of furan rings is 1. The fourth-order valence-electron chi connectivity index (χ4n) is 3.20. The Morgan fingerprint density at radius 2 is 1.91 bits per heavy atom. The Labute approximate surface area is 200 Å². The minimum atomic E-state index is -0.470. The van der Waals surface area contributed by atoms with Crippen molar-refractivity contribution >= 4 is 40.8 Å². The minimum Gasteiger partial charge on any atom is -0.467 e. The second-order valence-electron chi connectivity index (χ2n) is 7.36. The highest BCUT2D eigenvalue weighted by Gasteiger charge is 2.34. The van der Waals surface area contributed by atoms with Crippen LogP contribution in [0.5, 0.6) is 0 Å². The van der Waals surface area contributed by atoms with E-state index in [1.165, 1.54) is 35.0 Å². The van der Waals surface area contributed by atoms with Gasteiger partial charge in [-0.15, -0.1) is 5.10 Å². The molecule has 3 aromatic rings. The van der Waals surface area contributed by atoms with E-state index in [-0.39, 0.29) is 18.1 Å². The van der Waals surface area contributed by atoms with Gasteiger partial charge in [-0.05, 0) is 48.0 Å². The monoisotopic (exact) mass is 472 g/mol. The van der Waals surface area contributed by atoms with Crippen LogP contribution < -0.4 is 0 Å². The molecule has 4 rings (SSSR count). The third-order valence-corrected chi connectivity index (χ3v) is 5.76. The van der Waals surface area contributed by atoms with Gasteiger partial charge in [-0.25, -0.2) is 0 Å². The van der Waals surface area contributed by atoms with Crippen LogP contribution in [-0.4, -0.2) is 27.1 Å². The summed E-state index contributed by atoms with van der Waals surface area (Å²) in [6, 6.07) is 19.4. The maximum atomic E-state index is 13.1. The Bertz CT molecular complexity index is 1310. The van der Waals surface area contributed by atoms with Crippen molar-refractivity contribution in [2.24, 2.45) is 10.2 Å². The molecule has 0 aliphatic carbocycles. The molecule has 0 bridgehead atoms. The van der Waals surface area contributed by atoms with Crippen molar-refractivity contribution in [2.45, 2.75) is 13.5 Å². The average molecular weight is 473 g/mol. The number of benzene rings is 2. The van der Waals surface area contributed by atoms with Crippen LogP contribution in [0.2, 0.25) is 0 Å². The van der Waals surface area contributed by atoms with E-state index in [1.54, 1.807) is 30.5 Å². The van der Waals surface area contributed by atoms with Crippen molar-refractivity contribution in [3.63, 3.8) is 0 Å². The van der Waals surface area contributed by atoms with Crippen molar-refractivity contribution in [3.05, 3.63) is 117 Å². The molecule has 9 heteroatoms. The van der Waals surface area contributed by atoms with E-state index in [4.69, 9.17) is 4.42 Å². The van der Waals surface area contributed by atoms with E-state index in [1.807, 2.05) is 49.4 Å². The van der Waals surface area contributed by atoms with E-state index in [0.29, 0.717) is 21.4 Å². The van der Waals surface area contributed by atoms with Crippen molar-refractivity contribution in [2.75, 3.05) is 0 Å². The molecule has 170 valence electrons. The smallest absolute Gasteiger partial charge is 0.270 e. The molecular formula is C25H20N4O4S. The third kappa shape index (κ3) is 5.76. The summed E-state index contributed by atoms with van der Waals surface area (Å²) in [7, 11) is 0. The van der Waals surface area contributed by atoms with Crippen LogP contribution in [0.25, 0.3) is 6.08 Å². The van der Waals surface area contributed by atoms with E-state index < -0.39 is 4.92 Å². The van der Waals surface area contributed by atoms with Crippen LogP contribution in [0, 0.1) is 10.1 Å². The molecule has 1 amide bonds. The molecule has 34 heavy (non-hydrogen) atoms. The van der Waals surface area contributed by atoms with Crippen LogP contribution in [0.15, 0.2) is 104 Å². The van der Waals surface area contributed by atoms with Crippen molar-refractivity contribution in [1.29, 1.82) is 0 Å². The maximum Gasteiger partial charge on any atom is 0.270 e. The summed E-state index contributed by atoms with van der Waals surface area (Å²) in [5, 5.41) is 19.7. The van der Waals surface area contributed by atoms with Crippen molar-refractivity contribution < 1.29 is 14.1 Å². The van der Waals surface area contributed by atoms with Gasteiger partial charge in [0.1, 0.15) is 5.76 Å². The molecule has 2 aromatic carbocycles. The third-order valence-electron chi connectivity index (χ3n) is 4.77. The zero-order valence-electron chi connectivity index (χ0n) is 18.2. The van der Waals surface area contributed by atoms with E-state index in [0.717, 1.165) is 11.1 Å². The molecule has 1 aliphatic heterocycles. The first-order valence-electron chi connectivity index (χ1n) is 10.3. The largest absolute Gasteiger partial charge is 0.467 e. The van der Waals surface area contributed by atoms with Gasteiger partial charge in [0, 0.05) is 17.7 Å². The van der Waals surface area contributed by atoms with Crippen molar-refractivity contribution in [1.82, 2.24) is 4.90 Å². The predicted molar refractivity (Wildman–Crippen MR) is 133 cm³/mol. The molecule has 2 heterocycles.